The second kappa shape index (κ2) is 6.72. The lowest BCUT2D eigenvalue weighted by Crippen LogP contribution is -2.34. The quantitative estimate of drug-likeness (QED) is 0.830. The topological polar surface area (TPSA) is 58.2 Å². The van der Waals surface area contributed by atoms with E-state index in [1.54, 1.807) is 6.92 Å². The molecule has 0 bridgehead atoms. The Kier molecular flexibility index (Phi) is 5.82. The Morgan fingerprint density at radius 1 is 1.26 bits per heavy atom. The molecule has 6 heteroatoms. The number of rotatable bonds is 6. The first-order valence-electron chi connectivity index (χ1n) is 6.27. The minimum absolute atomic E-state index is 0.445. The summed E-state index contributed by atoms with van der Waals surface area (Å²) in [5.74, 6) is 0. The Bertz CT molecular complexity index is 521. The second-order valence-corrected chi connectivity index (χ2v) is 7.58. The summed E-state index contributed by atoms with van der Waals surface area (Å²) in [7, 11) is -3.36. The molecule has 0 saturated carbocycles. The molecule has 1 rings (SSSR count). The van der Waals surface area contributed by atoms with Crippen LogP contribution in [0.1, 0.15) is 25.0 Å². The molecule has 0 fully saturated rings. The monoisotopic (exact) mass is 348 g/mol. The molecule has 0 heterocycles. The third kappa shape index (κ3) is 4.47. The van der Waals surface area contributed by atoms with Crippen LogP contribution in [-0.2, 0) is 10.0 Å². The molecule has 1 unspecified atom stereocenters. The van der Waals surface area contributed by atoms with Crippen molar-refractivity contribution in [1.82, 2.24) is 5.32 Å². The molecule has 1 aromatic carbocycles. The molecular weight excluding hydrogens is 328 g/mol. The maximum absolute atomic E-state index is 12.2. The van der Waals surface area contributed by atoms with Crippen LogP contribution in [0.15, 0.2) is 16.6 Å². The summed E-state index contributed by atoms with van der Waals surface area (Å²) in [4.78, 5) is 0. The van der Waals surface area contributed by atoms with E-state index in [-0.39, 0.29) is 0 Å². The zero-order valence-corrected chi connectivity index (χ0v) is 14.2. The highest BCUT2D eigenvalue weighted by Crippen LogP contribution is 2.25. The van der Waals surface area contributed by atoms with Crippen molar-refractivity contribution >= 4 is 31.6 Å². The molecule has 19 heavy (non-hydrogen) atoms. The predicted octanol–water partition coefficient (Wildman–Crippen LogP) is 2.81. The number of aryl methyl sites for hydroxylation is 2. The van der Waals surface area contributed by atoms with Gasteiger partial charge in [-0.1, -0.05) is 22.9 Å². The van der Waals surface area contributed by atoms with Crippen molar-refractivity contribution in [2.45, 2.75) is 32.9 Å². The number of halogens is 1. The van der Waals surface area contributed by atoms with E-state index >= 15 is 0 Å². The predicted molar refractivity (Wildman–Crippen MR) is 84.2 cm³/mol. The van der Waals surface area contributed by atoms with Crippen LogP contribution in [0.5, 0.6) is 0 Å². The Balaban J connectivity index is 2.89. The summed E-state index contributed by atoms with van der Waals surface area (Å²) in [5, 5.41) is 2.57. The van der Waals surface area contributed by atoms with Gasteiger partial charge in [-0.05, 0) is 50.6 Å². The molecule has 0 aliphatic rings. The number of sulfonamides is 1. The van der Waals surface area contributed by atoms with Gasteiger partial charge in [0.15, 0.2) is 0 Å². The summed E-state index contributed by atoms with van der Waals surface area (Å²) < 4.78 is 28.0. The molecule has 1 atom stereocenters. The summed E-state index contributed by atoms with van der Waals surface area (Å²) in [6, 6.07) is 3.66. The summed E-state index contributed by atoms with van der Waals surface area (Å²) in [6.45, 7) is 8.74. The van der Waals surface area contributed by atoms with Crippen molar-refractivity contribution in [2.75, 3.05) is 17.8 Å². The smallest absolute Gasteiger partial charge is 0.236 e. The Morgan fingerprint density at radius 3 is 2.26 bits per heavy atom. The average Bonchev–Trinajstić information content (AvgIpc) is 2.32. The van der Waals surface area contributed by atoms with Gasteiger partial charge in [-0.2, -0.15) is 0 Å². The fourth-order valence-corrected chi connectivity index (χ4v) is 2.94. The van der Waals surface area contributed by atoms with Crippen molar-refractivity contribution in [2.24, 2.45) is 0 Å². The number of anilines is 1. The highest BCUT2D eigenvalue weighted by Gasteiger charge is 2.20. The third-order valence-corrected chi connectivity index (χ3v) is 5.91. The van der Waals surface area contributed by atoms with Gasteiger partial charge in [0, 0.05) is 16.7 Å². The molecule has 1 aromatic rings. The highest BCUT2D eigenvalue weighted by molar-refractivity contribution is 9.10. The Morgan fingerprint density at radius 2 is 1.79 bits per heavy atom. The zero-order chi connectivity index (χ0) is 14.6. The second-order valence-electron chi connectivity index (χ2n) is 4.69. The van der Waals surface area contributed by atoms with E-state index < -0.39 is 15.3 Å². The van der Waals surface area contributed by atoms with Crippen LogP contribution in [0.2, 0.25) is 0 Å². The molecule has 0 aromatic heterocycles. The molecule has 0 amide bonds. The molecule has 108 valence electrons. The van der Waals surface area contributed by atoms with Gasteiger partial charge in [0.05, 0.1) is 5.25 Å². The third-order valence-electron chi connectivity index (χ3n) is 2.91. The van der Waals surface area contributed by atoms with Gasteiger partial charge in [0.1, 0.15) is 0 Å². The lowest BCUT2D eigenvalue weighted by Gasteiger charge is -2.16. The normalized spacial score (nSPS) is 13.3. The molecule has 0 aliphatic carbocycles. The van der Waals surface area contributed by atoms with Crippen molar-refractivity contribution in [1.29, 1.82) is 0 Å². The fraction of sp³-hybridized carbons (Fsp3) is 0.538. The molecule has 0 radical (unpaired) electrons. The van der Waals surface area contributed by atoms with Crippen LogP contribution in [0.4, 0.5) is 5.69 Å². The standard InChI is InChI=1S/C13H21BrN2O2S/c1-5-15-8-11(4)19(17,18)16-12-6-9(2)13(14)10(3)7-12/h6-7,11,15-16H,5,8H2,1-4H3. The Hall–Kier alpha value is -0.590. The first kappa shape index (κ1) is 16.5. The van der Waals surface area contributed by atoms with Gasteiger partial charge in [-0.25, -0.2) is 8.42 Å². The fourth-order valence-electron chi connectivity index (χ4n) is 1.73. The van der Waals surface area contributed by atoms with Gasteiger partial charge in [0.2, 0.25) is 10.0 Å². The van der Waals surface area contributed by atoms with Gasteiger partial charge >= 0.3 is 0 Å². The lowest BCUT2D eigenvalue weighted by atomic mass is 10.1. The molecule has 0 aliphatic heterocycles. The number of benzene rings is 1. The van der Waals surface area contributed by atoms with Crippen molar-refractivity contribution in [3.05, 3.63) is 27.7 Å². The summed E-state index contributed by atoms with van der Waals surface area (Å²) in [6.07, 6.45) is 0. The van der Waals surface area contributed by atoms with E-state index in [1.807, 2.05) is 32.9 Å². The minimum Gasteiger partial charge on any atom is -0.316 e. The van der Waals surface area contributed by atoms with Crippen LogP contribution in [0.25, 0.3) is 0 Å². The van der Waals surface area contributed by atoms with Crippen LogP contribution in [-0.4, -0.2) is 26.8 Å². The van der Waals surface area contributed by atoms with Gasteiger partial charge in [-0.15, -0.1) is 0 Å². The van der Waals surface area contributed by atoms with Gasteiger partial charge < -0.3 is 5.32 Å². The minimum atomic E-state index is -3.36. The van der Waals surface area contributed by atoms with E-state index in [2.05, 4.69) is 26.0 Å². The SMILES string of the molecule is CCNCC(C)S(=O)(=O)Nc1cc(C)c(Br)c(C)c1. The van der Waals surface area contributed by atoms with E-state index in [0.717, 1.165) is 22.1 Å². The molecular formula is C13H21BrN2O2S. The van der Waals surface area contributed by atoms with E-state index in [9.17, 15) is 8.42 Å². The molecule has 2 N–H and O–H groups in total. The van der Waals surface area contributed by atoms with Crippen molar-refractivity contribution in [3.63, 3.8) is 0 Å². The summed E-state index contributed by atoms with van der Waals surface area (Å²) in [5.41, 5.74) is 2.63. The first-order valence-corrected chi connectivity index (χ1v) is 8.61. The molecule has 0 spiro atoms. The van der Waals surface area contributed by atoms with Crippen LogP contribution in [0.3, 0.4) is 0 Å². The maximum atomic E-state index is 12.2. The lowest BCUT2D eigenvalue weighted by molar-refractivity contribution is 0.579. The van der Waals surface area contributed by atoms with E-state index in [4.69, 9.17) is 0 Å². The van der Waals surface area contributed by atoms with Crippen molar-refractivity contribution < 1.29 is 8.42 Å². The Labute approximate surface area is 124 Å². The van der Waals surface area contributed by atoms with Crippen LogP contribution < -0.4 is 10.0 Å². The molecule has 4 nitrogen and oxygen atoms in total. The van der Waals surface area contributed by atoms with Gasteiger partial charge in [-0.3, -0.25) is 4.72 Å². The first-order chi connectivity index (χ1) is 8.77. The summed E-state index contributed by atoms with van der Waals surface area (Å²) >= 11 is 3.47. The van der Waals surface area contributed by atoms with E-state index in [0.29, 0.717) is 12.2 Å². The van der Waals surface area contributed by atoms with Crippen molar-refractivity contribution in [3.8, 4) is 0 Å². The zero-order valence-electron chi connectivity index (χ0n) is 11.7. The number of hydrogen-bond donors (Lipinski definition) is 2. The maximum Gasteiger partial charge on any atom is 0.236 e. The van der Waals surface area contributed by atoms with Gasteiger partial charge in [0.25, 0.3) is 0 Å². The van der Waals surface area contributed by atoms with Crippen LogP contribution >= 0.6 is 15.9 Å². The number of nitrogens with one attached hydrogen (secondary N) is 2. The largest absolute Gasteiger partial charge is 0.316 e. The highest BCUT2D eigenvalue weighted by atomic mass is 79.9. The van der Waals surface area contributed by atoms with E-state index in [1.165, 1.54) is 0 Å². The average molecular weight is 349 g/mol. The van der Waals surface area contributed by atoms with Crippen LogP contribution in [0, 0.1) is 13.8 Å². The number of hydrogen-bond acceptors (Lipinski definition) is 3. The molecule has 0 saturated heterocycles.